The predicted molar refractivity (Wildman–Crippen MR) is 91.5 cm³/mol. The standard InChI is InChI=1S/C18H16N2O5/c1-24-13-4-5-14(17(9-13)25-2)20-18(23)12(10-19)7-11-3-6-15(21)16(22)8-11/h3-9,21-22H,1-2H3,(H,20,23)/b12-7-. The van der Waals surface area contributed by atoms with Crippen molar-refractivity contribution >= 4 is 17.7 Å². The molecule has 1 amide bonds. The van der Waals surface area contributed by atoms with E-state index in [0.717, 1.165) is 0 Å². The molecule has 3 N–H and O–H groups in total. The second kappa shape index (κ2) is 7.75. The molecule has 0 aliphatic carbocycles. The van der Waals surface area contributed by atoms with E-state index >= 15 is 0 Å². The number of nitrogens with zero attached hydrogens (tertiary/aromatic N) is 1. The molecular weight excluding hydrogens is 324 g/mol. The Hall–Kier alpha value is -3.66. The van der Waals surface area contributed by atoms with Gasteiger partial charge in [-0.2, -0.15) is 5.26 Å². The maximum Gasteiger partial charge on any atom is 0.266 e. The van der Waals surface area contributed by atoms with Crippen LogP contribution >= 0.6 is 0 Å². The Morgan fingerprint density at radius 2 is 1.88 bits per heavy atom. The number of anilines is 1. The number of hydrogen-bond acceptors (Lipinski definition) is 6. The Morgan fingerprint density at radius 3 is 2.48 bits per heavy atom. The van der Waals surface area contributed by atoms with E-state index in [9.17, 15) is 20.3 Å². The van der Waals surface area contributed by atoms with Crippen LogP contribution in [0, 0.1) is 11.3 Å². The van der Waals surface area contributed by atoms with Crippen molar-refractivity contribution in [2.75, 3.05) is 19.5 Å². The van der Waals surface area contributed by atoms with Gasteiger partial charge in [-0.3, -0.25) is 4.79 Å². The molecule has 2 aromatic carbocycles. The number of methoxy groups -OCH3 is 2. The monoisotopic (exact) mass is 340 g/mol. The molecule has 25 heavy (non-hydrogen) atoms. The summed E-state index contributed by atoms with van der Waals surface area (Å²) >= 11 is 0. The van der Waals surface area contributed by atoms with Crippen LogP contribution in [0.3, 0.4) is 0 Å². The van der Waals surface area contributed by atoms with Crippen LogP contribution in [0.4, 0.5) is 5.69 Å². The van der Waals surface area contributed by atoms with Gasteiger partial charge in [0.1, 0.15) is 23.1 Å². The van der Waals surface area contributed by atoms with Crippen LogP contribution in [0.1, 0.15) is 5.56 Å². The first-order valence-corrected chi connectivity index (χ1v) is 7.15. The molecule has 0 aromatic heterocycles. The van der Waals surface area contributed by atoms with Gasteiger partial charge in [-0.05, 0) is 35.9 Å². The molecule has 2 rings (SSSR count). The highest BCUT2D eigenvalue weighted by atomic mass is 16.5. The fraction of sp³-hybridized carbons (Fsp3) is 0.111. The van der Waals surface area contributed by atoms with E-state index in [-0.39, 0.29) is 17.1 Å². The number of aromatic hydroxyl groups is 2. The molecule has 0 aliphatic rings. The van der Waals surface area contributed by atoms with Gasteiger partial charge in [0.05, 0.1) is 19.9 Å². The first-order valence-electron chi connectivity index (χ1n) is 7.15. The minimum absolute atomic E-state index is 0.178. The minimum Gasteiger partial charge on any atom is -0.504 e. The number of hydrogen-bond donors (Lipinski definition) is 3. The van der Waals surface area contributed by atoms with Crippen LogP contribution in [0.25, 0.3) is 6.08 Å². The van der Waals surface area contributed by atoms with Crippen LogP contribution in [-0.2, 0) is 4.79 Å². The van der Waals surface area contributed by atoms with Crippen molar-refractivity contribution in [1.82, 2.24) is 0 Å². The lowest BCUT2D eigenvalue weighted by atomic mass is 10.1. The number of rotatable bonds is 5. The summed E-state index contributed by atoms with van der Waals surface area (Å²) in [4.78, 5) is 12.3. The van der Waals surface area contributed by atoms with Gasteiger partial charge in [0, 0.05) is 6.07 Å². The topological polar surface area (TPSA) is 112 Å². The molecule has 0 fully saturated rings. The first kappa shape index (κ1) is 17.7. The summed E-state index contributed by atoms with van der Waals surface area (Å²) in [5.41, 5.74) is 0.592. The van der Waals surface area contributed by atoms with Gasteiger partial charge in [0.2, 0.25) is 0 Å². The molecule has 0 saturated heterocycles. The summed E-state index contributed by atoms with van der Waals surface area (Å²) in [6.07, 6.45) is 1.30. The average molecular weight is 340 g/mol. The number of carbonyl (C=O) groups is 1. The fourth-order valence-corrected chi connectivity index (χ4v) is 2.04. The average Bonchev–Trinajstić information content (AvgIpc) is 2.62. The number of carbonyl (C=O) groups excluding carboxylic acids is 1. The summed E-state index contributed by atoms with van der Waals surface area (Å²) in [7, 11) is 2.96. The molecule has 0 unspecified atom stereocenters. The number of nitriles is 1. The summed E-state index contributed by atoms with van der Waals surface area (Å²) in [5, 5.41) is 30.6. The van der Waals surface area contributed by atoms with Gasteiger partial charge in [-0.15, -0.1) is 0 Å². The van der Waals surface area contributed by atoms with Crippen LogP contribution in [-0.4, -0.2) is 30.3 Å². The molecular formula is C18H16N2O5. The number of amides is 1. The predicted octanol–water partition coefficient (Wildman–Crippen LogP) is 2.66. The highest BCUT2D eigenvalue weighted by molar-refractivity contribution is 6.10. The molecule has 0 aliphatic heterocycles. The Bertz CT molecular complexity index is 868. The largest absolute Gasteiger partial charge is 0.504 e. The third-order valence-electron chi connectivity index (χ3n) is 3.33. The number of nitrogens with one attached hydrogen (secondary N) is 1. The van der Waals surface area contributed by atoms with Gasteiger partial charge in [-0.25, -0.2) is 0 Å². The third-order valence-corrected chi connectivity index (χ3v) is 3.33. The van der Waals surface area contributed by atoms with Gasteiger partial charge >= 0.3 is 0 Å². The third kappa shape index (κ3) is 4.20. The highest BCUT2D eigenvalue weighted by Gasteiger charge is 2.13. The molecule has 0 atom stereocenters. The van der Waals surface area contributed by atoms with E-state index in [2.05, 4.69) is 5.32 Å². The number of phenols is 2. The first-order chi connectivity index (χ1) is 12.0. The van der Waals surface area contributed by atoms with Crippen LogP contribution in [0.15, 0.2) is 42.0 Å². The van der Waals surface area contributed by atoms with Crippen molar-refractivity contribution in [2.24, 2.45) is 0 Å². The normalized spacial score (nSPS) is 10.7. The Morgan fingerprint density at radius 1 is 1.12 bits per heavy atom. The fourth-order valence-electron chi connectivity index (χ4n) is 2.04. The zero-order valence-electron chi connectivity index (χ0n) is 13.6. The van der Waals surface area contributed by atoms with Crippen LogP contribution in [0.2, 0.25) is 0 Å². The van der Waals surface area contributed by atoms with Gasteiger partial charge in [0.15, 0.2) is 11.5 Å². The van der Waals surface area contributed by atoms with Crippen molar-refractivity contribution in [3.8, 4) is 29.1 Å². The lowest BCUT2D eigenvalue weighted by Crippen LogP contribution is -2.14. The number of ether oxygens (including phenoxy) is 2. The summed E-state index contributed by atoms with van der Waals surface area (Å²) in [5.74, 6) is -0.331. The van der Waals surface area contributed by atoms with E-state index in [4.69, 9.17) is 9.47 Å². The summed E-state index contributed by atoms with van der Waals surface area (Å²) < 4.78 is 10.3. The summed E-state index contributed by atoms with van der Waals surface area (Å²) in [6, 6.07) is 10.6. The molecule has 0 radical (unpaired) electrons. The molecule has 7 nitrogen and oxygen atoms in total. The molecule has 0 spiro atoms. The van der Waals surface area contributed by atoms with Crippen molar-refractivity contribution < 1.29 is 24.5 Å². The molecule has 7 heteroatoms. The quantitative estimate of drug-likeness (QED) is 0.438. The van der Waals surface area contributed by atoms with E-state index in [1.807, 2.05) is 0 Å². The zero-order valence-corrected chi connectivity index (χ0v) is 13.6. The van der Waals surface area contributed by atoms with Gasteiger partial charge < -0.3 is 25.0 Å². The van der Waals surface area contributed by atoms with Crippen molar-refractivity contribution in [3.63, 3.8) is 0 Å². The molecule has 0 bridgehead atoms. The Kier molecular flexibility index (Phi) is 5.48. The van der Waals surface area contributed by atoms with E-state index in [1.165, 1.54) is 38.5 Å². The van der Waals surface area contributed by atoms with E-state index in [0.29, 0.717) is 22.7 Å². The second-order valence-corrected chi connectivity index (χ2v) is 4.94. The van der Waals surface area contributed by atoms with Gasteiger partial charge in [0.25, 0.3) is 5.91 Å². The molecule has 0 saturated carbocycles. The smallest absolute Gasteiger partial charge is 0.266 e. The number of benzene rings is 2. The maximum absolute atomic E-state index is 12.3. The number of phenolic OH excluding ortho intramolecular Hbond substituents is 2. The van der Waals surface area contributed by atoms with Crippen molar-refractivity contribution in [3.05, 3.63) is 47.5 Å². The Labute approximate surface area is 144 Å². The second-order valence-electron chi connectivity index (χ2n) is 4.94. The molecule has 0 heterocycles. The molecule has 2 aromatic rings. The van der Waals surface area contributed by atoms with E-state index in [1.54, 1.807) is 24.3 Å². The van der Waals surface area contributed by atoms with E-state index < -0.39 is 5.91 Å². The minimum atomic E-state index is -0.640. The molecule has 128 valence electrons. The summed E-state index contributed by atoms with van der Waals surface area (Å²) in [6.45, 7) is 0. The SMILES string of the molecule is COc1ccc(NC(=O)/C(C#N)=C\c2ccc(O)c(O)c2)c(OC)c1. The Balaban J connectivity index is 2.27. The van der Waals surface area contributed by atoms with Crippen LogP contribution < -0.4 is 14.8 Å². The van der Waals surface area contributed by atoms with Crippen molar-refractivity contribution in [1.29, 1.82) is 5.26 Å². The lowest BCUT2D eigenvalue weighted by Gasteiger charge is -2.11. The zero-order chi connectivity index (χ0) is 18.4. The van der Waals surface area contributed by atoms with Crippen LogP contribution in [0.5, 0.6) is 23.0 Å². The maximum atomic E-state index is 12.3. The highest BCUT2D eigenvalue weighted by Crippen LogP contribution is 2.30. The van der Waals surface area contributed by atoms with Crippen molar-refractivity contribution in [2.45, 2.75) is 0 Å². The van der Waals surface area contributed by atoms with Gasteiger partial charge in [-0.1, -0.05) is 6.07 Å². The lowest BCUT2D eigenvalue weighted by molar-refractivity contribution is -0.112.